The average Bonchev–Trinajstić information content (AvgIpc) is 2.45. The molecule has 0 aliphatic heterocycles. The molecule has 0 amide bonds. The molecule has 14 heavy (non-hydrogen) atoms. The van der Waals surface area contributed by atoms with Gasteiger partial charge >= 0.3 is 0 Å². The van der Waals surface area contributed by atoms with Crippen molar-refractivity contribution in [3.8, 4) is 0 Å². The Balaban J connectivity index is 2.24. The minimum Gasteiger partial charge on any atom is -0.330 e. The first-order valence-corrected chi connectivity index (χ1v) is 6.33. The lowest BCUT2D eigenvalue weighted by Gasteiger charge is -2.23. The highest BCUT2D eigenvalue weighted by Crippen LogP contribution is 2.18. The van der Waals surface area contributed by atoms with Gasteiger partial charge in [0.05, 0.1) is 0 Å². The highest BCUT2D eigenvalue weighted by Gasteiger charge is 2.15. The van der Waals surface area contributed by atoms with E-state index in [0.29, 0.717) is 6.04 Å². The molecule has 2 heteroatoms. The standard InChI is InChI=1S/C12H26N2/c1-2-11(9-10-13)14-12-7-5-3-4-6-8-12/h11-12,14H,2-10,13H2,1H3. The van der Waals surface area contributed by atoms with Gasteiger partial charge in [-0.1, -0.05) is 32.6 Å². The molecule has 1 unspecified atom stereocenters. The number of nitrogens with two attached hydrogens (primary N) is 1. The van der Waals surface area contributed by atoms with Crippen LogP contribution in [0.25, 0.3) is 0 Å². The van der Waals surface area contributed by atoms with Gasteiger partial charge in [-0.3, -0.25) is 0 Å². The highest BCUT2D eigenvalue weighted by molar-refractivity contribution is 4.75. The zero-order valence-corrected chi connectivity index (χ0v) is 9.60. The molecule has 1 atom stereocenters. The second-order valence-corrected chi connectivity index (χ2v) is 4.54. The van der Waals surface area contributed by atoms with E-state index in [2.05, 4.69) is 12.2 Å². The van der Waals surface area contributed by atoms with Crippen molar-refractivity contribution in [3.05, 3.63) is 0 Å². The van der Waals surface area contributed by atoms with Crippen molar-refractivity contribution in [1.29, 1.82) is 0 Å². The Hall–Kier alpha value is -0.0800. The van der Waals surface area contributed by atoms with E-state index in [1.54, 1.807) is 0 Å². The fraction of sp³-hybridized carbons (Fsp3) is 1.00. The predicted octanol–water partition coefficient (Wildman–Crippen LogP) is 2.43. The van der Waals surface area contributed by atoms with Gasteiger partial charge in [0.25, 0.3) is 0 Å². The Morgan fingerprint density at radius 1 is 1.21 bits per heavy atom. The van der Waals surface area contributed by atoms with Crippen LogP contribution >= 0.6 is 0 Å². The van der Waals surface area contributed by atoms with Crippen LogP contribution in [0.1, 0.15) is 58.3 Å². The summed E-state index contributed by atoms with van der Waals surface area (Å²) in [6.45, 7) is 3.07. The number of nitrogens with one attached hydrogen (secondary N) is 1. The van der Waals surface area contributed by atoms with Gasteiger partial charge in [-0.25, -0.2) is 0 Å². The summed E-state index contributed by atoms with van der Waals surface area (Å²) < 4.78 is 0. The summed E-state index contributed by atoms with van der Waals surface area (Å²) in [5, 5.41) is 3.77. The molecule has 1 aliphatic rings. The summed E-state index contributed by atoms with van der Waals surface area (Å²) in [4.78, 5) is 0. The van der Waals surface area contributed by atoms with Crippen LogP contribution in [0.5, 0.6) is 0 Å². The third-order valence-corrected chi connectivity index (χ3v) is 3.33. The van der Waals surface area contributed by atoms with Gasteiger partial charge in [-0.05, 0) is 32.2 Å². The van der Waals surface area contributed by atoms with Gasteiger partial charge in [-0.15, -0.1) is 0 Å². The third-order valence-electron chi connectivity index (χ3n) is 3.33. The molecule has 0 aromatic rings. The lowest BCUT2D eigenvalue weighted by Crippen LogP contribution is -2.38. The highest BCUT2D eigenvalue weighted by atomic mass is 14.9. The van der Waals surface area contributed by atoms with Gasteiger partial charge < -0.3 is 11.1 Å². The minimum absolute atomic E-state index is 0.656. The second kappa shape index (κ2) is 7.24. The summed E-state index contributed by atoms with van der Waals surface area (Å²) in [7, 11) is 0. The lowest BCUT2D eigenvalue weighted by molar-refractivity contribution is 0.373. The topological polar surface area (TPSA) is 38.0 Å². The zero-order chi connectivity index (χ0) is 10.2. The summed E-state index contributed by atoms with van der Waals surface area (Å²) in [5.74, 6) is 0. The molecule has 0 radical (unpaired) electrons. The van der Waals surface area contributed by atoms with E-state index < -0.39 is 0 Å². The molecule has 1 aliphatic carbocycles. The molecule has 0 saturated heterocycles. The molecule has 3 N–H and O–H groups in total. The lowest BCUT2D eigenvalue weighted by atomic mass is 10.1. The maximum atomic E-state index is 5.60. The molecule has 0 bridgehead atoms. The van der Waals surface area contributed by atoms with Crippen LogP contribution in [-0.4, -0.2) is 18.6 Å². The van der Waals surface area contributed by atoms with E-state index >= 15 is 0 Å². The van der Waals surface area contributed by atoms with Crippen molar-refractivity contribution >= 4 is 0 Å². The summed E-state index contributed by atoms with van der Waals surface area (Å²) in [5.41, 5.74) is 5.60. The molecule has 0 heterocycles. The van der Waals surface area contributed by atoms with Gasteiger partial charge in [0.2, 0.25) is 0 Å². The summed E-state index contributed by atoms with van der Waals surface area (Å²) >= 11 is 0. The van der Waals surface area contributed by atoms with Gasteiger partial charge in [0.1, 0.15) is 0 Å². The van der Waals surface area contributed by atoms with Crippen LogP contribution in [-0.2, 0) is 0 Å². The van der Waals surface area contributed by atoms with Crippen molar-refractivity contribution in [2.75, 3.05) is 6.54 Å². The number of hydrogen-bond donors (Lipinski definition) is 2. The monoisotopic (exact) mass is 198 g/mol. The molecular weight excluding hydrogens is 172 g/mol. The van der Waals surface area contributed by atoms with E-state index in [9.17, 15) is 0 Å². The fourth-order valence-corrected chi connectivity index (χ4v) is 2.39. The Morgan fingerprint density at radius 3 is 2.36 bits per heavy atom. The Labute approximate surface area is 88.6 Å². The third kappa shape index (κ3) is 4.43. The van der Waals surface area contributed by atoms with E-state index in [1.165, 1.54) is 44.9 Å². The first-order valence-electron chi connectivity index (χ1n) is 6.33. The smallest absolute Gasteiger partial charge is 0.00790 e. The maximum absolute atomic E-state index is 5.60. The Kier molecular flexibility index (Phi) is 6.20. The van der Waals surface area contributed by atoms with Crippen molar-refractivity contribution in [3.63, 3.8) is 0 Å². The number of hydrogen-bond acceptors (Lipinski definition) is 2. The van der Waals surface area contributed by atoms with Crippen molar-refractivity contribution in [2.45, 2.75) is 70.4 Å². The predicted molar refractivity (Wildman–Crippen MR) is 62.4 cm³/mol. The van der Waals surface area contributed by atoms with Gasteiger partial charge in [0.15, 0.2) is 0 Å². The van der Waals surface area contributed by atoms with Crippen molar-refractivity contribution in [2.24, 2.45) is 5.73 Å². The number of rotatable bonds is 5. The van der Waals surface area contributed by atoms with Crippen LogP contribution in [0.15, 0.2) is 0 Å². The SMILES string of the molecule is CCC(CCN)NC1CCCCCC1. The van der Waals surface area contributed by atoms with Gasteiger partial charge in [-0.2, -0.15) is 0 Å². The van der Waals surface area contributed by atoms with Crippen LogP contribution in [0.4, 0.5) is 0 Å². The fourth-order valence-electron chi connectivity index (χ4n) is 2.39. The molecule has 1 saturated carbocycles. The molecule has 0 aromatic carbocycles. The maximum Gasteiger partial charge on any atom is 0.00790 e. The molecule has 1 rings (SSSR count). The molecule has 1 fully saturated rings. The summed E-state index contributed by atoms with van der Waals surface area (Å²) in [6.07, 6.45) is 10.8. The first kappa shape index (κ1) is 12.0. The van der Waals surface area contributed by atoms with Crippen LogP contribution in [0.3, 0.4) is 0 Å². The molecule has 0 spiro atoms. The van der Waals surface area contributed by atoms with Crippen LogP contribution < -0.4 is 11.1 Å². The van der Waals surface area contributed by atoms with Crippen molar-refractivity contribution in [1.82, 2.24) is 5.32 Å². The largest absolute Gasteiger partial charge is 0.330 e. The van der Waals surface area contributed by atoms with Gasteiger partial charge in [0, 0.05) is 12.1 Å². The van der Waals surface area contributed by atoms with Crippen LogP contribution in [0, 0.1) is 0 Å². The molecular formula is C12H26N2. The minimum atomic E-state index is 0.656. The molecule has 84 valence electrons. The summed E-state index contributed by atoms with van der Waals surface area (Å²) in [6, 6.07) is 1.43. The van der Waals surface area contributed by atoms with Crippen LogP contribution in [0.2, 0.25) is 0 Å². The van der Waals surface area contributed by atoms with E-state index in [0.717, 1.165) is 19.0 Å². The Bertz CT molecular complexity index is 128. The average molecular weight is 198 g/mol. The molecule has 2 nitrogen and oxygen atoms in total. The Morgan fingerprint density at radius 2 is 1.86 bits per heavy atom. The second-order valence-electron chi connectivity index (χ2n) is 4.54. The quantitative estimate of drug-likeness (QED) is 0.666. The van der Waals surface area contributed by atoms with E-state index in [4.69, 9.17) is 5.73 Å². The van der Waals surface area contributed by atoms with Crippen molar-refractivity contribution < 1.29 is 0 Å². The molecule has 0 aromatic heterocycles. The zero-order valence-electron chi connectivity index (χ0n) is 9.60. The van der Waals surface area contributed by atoms with E-state index in [-0.39, 0.29) is 0 Å². The first-order chi connectivity index (χ1) is 6.86. The van der Waals surface area contributed by atoms with E-state index in [1.807, 2.05) is 0 Å². The normalized spacial score (nSPS) is 21.9.